The Morgan fingerprint density at radius 3 is 2.25 bits per heavy atom. The van der Waals surface area contributed by atoms with Crippen molar-refractivity contribution in [1.82, 2.24) is 0 Å². The van der Waals surface area contributed by atoms with Crippen molar-refractivity contribution in [1.29, 1.82) is 0 Å². The molecular formula is C16H8F6O2. The van der Waals surface area contributed by atoms with Crippen molar-refractivity contribution in [3.05, 3.63) is 70.3 Å². The van der Waals surface area contributed by atoms with Crippen LogP contribution in [0.25, 0.3) is 6.08 Å². The van der Waals surface area contributed by atoms with Crippen LogP contribution in [0.4, 0.5) is 26.3 Å². The predicted octanol–water partition coefficient (Wildman–Crippen LogP) is 4.45. The van der Waals surface area contributed by atoms with Crippen LogP contribution < -0.4 is 4.74 Å². The first-order valence-corrected chi connectivity index (χ1v) is 6.39. The monoisotopic (exact) mass is 346 g/mol. The molecule has 126 valence electrons. The van der Waals surface area contributed by atoms with Gasteiger partial charge in [-0.2, -0.15) is 4.39 Å². The molecule has 2 aromatic rings. The van der Waals surface area contributed by atoms with Gasteiger partial charge in [0.2, 0.25) is 11.6 Å². The van der Waals surface area contributed by atoms with Crippen LogP contribution in [0.3, 0.4) is 0 Å². The average molecular weight is 346 g/mol. The Kier molecular flexibility index (Phi) is 4.96. The van der Waals surface area contributed by atoms with E-state index in [-0.39, 0.29) is 5.56 Å². The number of esters is 1. The van der Waals surface area contributed by atoms with E-state index in [2.05, 4.69) is 4.74 Å². The molecule has 8 heteroatoms. The van der Waals surface area contributed by atoms with E-state index in [1.54, 1.807) is 0 Å². The van der Waals surface area contributed by atoms with E-state index >= 15 is 0 Å². The molecule has 0 bridgehead atoms. The second-order valence-corrected chi connectivity index (χ2v) is 4.63. The van der Waals surface area contributed by atoms with Crippen LogP contribution >= 0.6 is 0 Å². The number of hydrogen-bond donors (Lipinski definition) is 0. The van der Waals surface area contributed by atoms with Gasteiger partial charge in [-0.05, 0) is 25.1 Å². The van der Waals surface area contributed by atoms with Crippen LogP contribution in [-0.4, -0.2) is 5.97 Å². The van der Waals surface area contributed by atoms with Crippen molar-refractivity contribution in [2.45, 2.75) is 6.92 Å². The molecule has 2 nitrogen and oxygen atoms in total. The van der Waals surface area contributed by atoms with Gasteiger partial charge in [-0.1, -0.05) is 0 Å². The SMILES string of the molecule is Cc1c(F)c(F)c(F)c(OC(=O)/C=C/c2ccc(F)cc2F)c1F. The van der Waals surface area contributed by atoms with Crippen LogP contribution in [0.2, 0.25) is 0 Å². The van der Waals surface area contributed by atoms with Crippen molar-refractivity contribution in [2.24, 2.45) is 0 Å². The molecule has 0 aliphatic carbocycles. The molecule has 0 unspecified atom stereocenters. The van der Waals surface area contributed by atoms with E-state index in [9.17, 15) is 31.1 Å². The lowest BCUT2D eigenvalue weighted by Crippen LogP contribution is -2.10. The van der Waals surface area contributed by atoms with Crippen LogP contribution in [0.5, 0.6) is 5.75 Å². The minimum absolute atomic E-state index is 0.198. The summed E-state index contributed by atoms with van der Waals surface area (Å²) in [6.45, 7) is 0.828. The van der Waals surface area contributed by atoms with Crippen LogP contribution in [0, 0.1) is 41.8 Å². The van der Waals surface area contributed by atoms with Crippen LogP contribution in [0.15, 0.2) is 24.3 Å². The highest BCUT2D eigenvalue weighted by Gasteiger charge is 2.25. The van der Waals surface area contributed by atoms with Gasteiger partial charge < -0.3 is 4.74 Å². The Balaban J connectivity index is 2.26. The topological polar surface area (TPSA) is 26.3 Å². The molecule has 0 N–H and O–H groups in total. The summed E-state index contributed by atoms with van der Waals surface area (Å²) < 4.78 is 83.9. The zero-order chi connectivity index (χ0) is 18.0. The lowest BCUT2D eigenvalue weighted by Gasteiger charge is -2.08. The van der Waals surface area contributed by atoms with E-state index in [1.165, 1.54) is 0 Å². The first kappa shape index (κ1) is 17.6. The number of rotatable bonds is 3. The fourth-order valence-corrected chi connectivity index (χ4v) is 1.74. The van der Waals surface area contributed by atoms with Gasteiger partial charge in [-0.15, -0.1) is 0 Å². The minimum Gasteiger partial charge on any atom is -0.417 e. The Bertz CT molecular complexity index is 816. The van der Waals surface area contributed by atoms with E-state index in [1.807, 2.05) is 0 Å². The standard InChI is InChI=1S/C16H8F6O2/c1-7-12(19)14(21)15(22)16(13(7)20)24-11(23)5-3-8-2-4-9(17)6-10(8)18/h2-6H,1H3/b5-3+. The van der Waals surface area contributed by atoms with E-state index in [4.69, 9.17) is 0 Å². The van der Waals surface area contributed by atoms with Crippen molar-refractivity contribution >= 4 is 12.0 Å². The van der Waals surface area contributed by atoms with Gasteiger partial charge in [0.1, 0.15) is 11.6 Å². The Hall–Kier alpha value is -2.77. The summed E-state index contributed by atoms with van der Waals surface area (Å²) in [5.41, 5.74) is -1.07. The maximum Gasteiger partial charge on any atom is 0.336 e. The molecule has 0 atom stereocenters. The molecule has 0 amide bonds. The van der Waals surface area contributed by atoms with Gasteiger partial charge >= 0.3 is 5.97 Å². The zero-order valence-electron chi connectivity index (χ0n) is 12.0. The largest absolute Gasteiger partial charge is 0.417 e. The number of carbonyl (C=O) groups excluding carboxylic acids is 1. The molecular weight excluding hydrogens is 338 g/mol. The second kappa shape index (κ2) is 6.77. The first-order valence-electron chi connectivity index (χ1n) is 6.39. The number of benzene rings is 2. The highest BCUT2D eigenvalue weighted by atomic mass is 19.2. The van der Waals surface area contributed by atoms with Crippen molar-refractivity contribution in [3.8, 4) is 5.75 Å². The van der Waals surface area contributed by atoms with E-state index in [0.717, 1.165) is 25.1 Å². The normalized spacial score (nSPS) is 11.1. The third-order valence-corrected chi connectivity index (χ3v) is 3.01. The fraction of sp³-hybridized carbons (Fsp3) is 0.0625. The van der Waals surface area contributed by atoms with Crippen molar-refractivity contribution in [2.75, 3.05) is 0 Å². The molecule has 0 heterocycles. The minimum atomic E-state index is -2.01. The van der Waals surface area contributed by atoms with Gasteiger partial charge in [0, 0.05) is 23.3 Å². The summed E-state index contributed by atoms with van der Waals surface area (Å²) in [5.74, 6) is -11.9. The molecule has 0 aliphatic heterocycles. The summed E-state index contributed by atoms with van der Waals surface area (Å²) in [5, 5.41) is 0. The molecule has 0 aromatic heterocycles. The Labute approximate surface area is 132 Å². The third kappa shape index (κ3) is 3.42. The van der Waals surface area contributed by atoms with Gasteiger partial charge in [0.15, 0.2) is 17.5 Å². The van der Waals surface area contributed by atoms with Crippen LogP contribution in [0.1, 0.15) is 11.1 Å². The lowest BCUT2D eigenvalue weighted by atomic mass is 10.2. The van der Waals surface area contributed by atoms with E-state index < -0.39 is 52.2 Å². The number of ether oxygens (including phenoxy) is 1. The third-order valence-electron chi connectivity index (χ3n) is 3.01. The summed E-state index contributed by atoms with van der Waals surface area (Å²) in [6.07, 6.45) is 1.45. The van der Waals surface area contributed by atoms with Gasteiger partial charge in [0.05, 0.1) is 0 Å². The lowest BCUT2D eigenvalue weighted by molar-refractivity contribution is -0.129. The number of halogens is 6. The average Bonchev–Trinajstić information content (AvgIpc) is 2.54. The summed E-state index contributed by atoms with van der Waals surface area (Å²) in [4.78, 5) is 11.5. The van der Waals surface area contributed by atoms with Gasteiger partial charge in [-0.3, -0.25) is 0 Å². The summed E-state index contributed by atoms with van der Waals surface area (Å²) in [7, 11) is 0. The Morgan fingerprint density at radius 2 is 1.62 bits per heavy atom. The molecule has 0 aliphatic rings. The Morgan fingerprint density at radius 1 is 0.958 bits per heavy atom. The van der Waals surface area contributed by atoms with Crippen molar-refractivity contribution in [3.63, 3.8) is 0 Å². The van der Waals surface area contributed by atoms with Gasteiger partial charge in [-0.25, -0.2) is 26.7 Å². The number of hydrogen-bond acceptors (Lipinski definition) is 2. The maximum atomic E-state index is 13.7. The molecule has 0 fully saturated rings. The molecule has 2 aromatic carbocycles. The quantitative estimate of drug-likeness (QED) is 0.205. The zero-order valence-corrected chi connectivity index (χ0v) is 12.0. The fourth-order valence-electron chi connectivity index (χ4n) is 1.74. The molecule has 0 saturated heterocycles. The smallest absolute Gasteiger partial charge is 0.336 e. The van der Waals surface area contributed by atoms with E-state index in [0.29, 0.717) is 12.1 Å². The van der Waals surface area contributed by atoms with Crippen molar-refractivity contribution < 1.29 is 35.9 Å². The molecule has 0 saturated carbocycles. The first-order chi connectivity index (χ1) is 11.2. The number of carbonyl (C=O) groups is 1. The predicted molar refractivity (Wildman–Crippen MR) is 72.0 cm³/mol. The summed E-state index contributed by atoms with van der Waals surface area (Å²) in [6, 6.07) is 2.49. The molecule has 0 spiro atoms. The highest BCUT2D eigenvalue weighted by molar-refractivity contribution is 5.88. The van der Waals surface area contributed by atoms with Crippen LogP contribution in [-0.2, 0) is 4.79 Å². The maximum absolute atomic E-state index is 13.7. The highest BCUT2D eigenvalue weighted by Crippen LogP contribution is 2.29. The molecule has 2 rings (SSSR count). The van der Waals surface area contributed by atoms with Gasteiger partial charge in [0.25, 0.3) is 0 Å². The summed E-state index contributed by atoms with van der Waals surface area (Å²) >= 11 is 0. The molecule has 0 radical (unpaired) electrons. The second-order valence-electron chi connectivity index (χ2n) is 4.63. The molecule has 24 heavy (non-hydrogen) atoms.